The Morgan fingerprint density at radius 1 is 1.25 bits per heavy atom. The normalized spacial score (nSPS) is 22.3. The molecule has 0 aromatic carbocycles. The van der Waals surface area contributed by atoms with Crippen molar-refractivity contribution < 1.29 is 4.79 Å². The number of aromatic nitrogens is 2. The highest BCUT2D eigenvalue weighted by molar-refractivity contribution is 5.79. The predicted molar refractivity (Wildman–Crippen MR) is 94.5 cm³/mol. The number of rotatable bonds is 6. The van der Waals surface area contributed by atoms with E-state index >= 15 is 0 Å². The van der Waals surface area contributed by atoms with Gasteiger partial charge in [-0.15, -0.1) is 0 Å². The van der Waals surface area contributed by atoms with Crippen molar-refractivity contribution in [1.29, 1.82) is 0 Å². The first-order valence-corrected chi connectivity index (χ1v) is 9.31. The van der Waals surface area contributed by atoms with E-state index in [1.807, 2.05) is 12.4 Å². The molecule has 3 rings (SSSR count). The van der Waals surface area contributed by atoms with Crippen molar-refractivity contribution in [2.75, 3.05) is 20.1 Å². The van der Waals surface area contributed by atoms with E-state index in [1.165, 1.54) is 25.7 Å². The molecule has 1 aliphatic heterocycles. The molecule has 2 heterocycles. The van der Waals surface area contributed by atoms with Crippen molar-refractivity contribution in [2.45, 2.75) is 64.5 Å². The van der Waals surface area contributed by atoms with Gasteiger partial charge in [0, 0.05) is 56.0 Å². The SMILES string of the molecule is CC(C)c1ncc(CN(C)C[C@H]2CC(=O)N(C3CCCC3)C2)cn1. The van der Waals surface area contributed by atoms with Crippen LogP contribution >= 0.6 is 0 Å². The van der Waals surface area contributed by atoms with Crippen molar-refractivity contribution >= 4 is 5.91 Å². The number of carbonyl (C=O) groups excluding carboxylic acids is 1. The molecule has 0 radical (unpaired) electrons. The molecule has 0 N–H and O–H groups in total. The van der Waals surface area contributed by atoms with Gasteiger partial charge >= 0.3 is 0 Å². The quantitative estimate of drug-likeness (QED) is 0.805. The smallest absolute Gasteiger partial charge is 0.223 e. The highest BCUT2D eigenvalue weighted by atomic mass is 16.2. The van der Waals surface area contributed by atoms with Crippen LogP contribution in [0.4, 0.5) is 0 Å². The number of amides is 1. The van der Waals surface area contributed by atoms with Crippen LogP contribution in [0.25, 0.3) is 0 Å². The number of carbonyl (C=O) groups is 1. The maximum absolute atomic E-state index is 12.3. The van der Waals surface area contributed by atoms with Gasteiger partial charge in [0.1, 0.15) is 5.82 Å². The second-order valence-electron chi connectivity index (χ2n) is 7.86. The van der Waals surface area contributed by atoms with E-state index in [0.29, 0.717) is 30.2 Å². The topological polar surface area (TPSA) is 49.3 Å². The van der Waals surface area contributed by atoms with E-state index in [2.05, 4.69) is 40.7 Å². The Bertz CT molecular complexity index is 551. The first kappa shape index (κ1) is 17.3. The molecule has 5 heteroatoms. The molecule has 1 saturated heterocycles. The van der Waals surface area contributed by atoms with Gasteiger partial charge < -0.3 is 9.80 Å². The summed E-state index contributed by atoms with van der Waals surface area (Å²) in [5.74, 6) is 2.08. The molecule has 0 bridgehead atoms. The lowest BCUT2D eigenvalue weighted by molar-refractivity contribution is -0.129. The zero-order chi connectivity index (χ0) is 17.1. The summed E-state index contributed by atoms with van der Waals surface area (Å²) in [7, 11) is 2.12. The molecule has 2 fully saturated rings. The molecule has 1 amide bonds. The third-order valence-electron chi connectivity index (χ3n) is 5.27. The van der Waals surface area contributed by atoms with Crippen LogP contribution in [0.15, 0.2) is 12.4 Å². The Labute approximate surface area is 145 Å². The summed E-state index contributed by atoms with van der Waals surface area (Å²) in [5, 5.41) is 0. The van der Waals surface area contributed by atoms with E-state index in [9.17, 15) is 4.79 Å². The Kier molecular flexibility index (Phi) is 5.49. The van der Waals surface area contributed by atoms with E-state index in [1.54, 1.807) is 0 Å². The molecule has 1 aliphatic carbocycles. The third-order valence-corrected chi connectivity index (χ3v) is 5.27. The van der Waals surface area contributed by atoms with Gasteiger partial charge in [-0.1, -0.05) is 26.7 Å². The van der Waals surface area contributed by atoms with E-state index in [-0.39, 0.29) is 0 Å². The minimum Gasteiger partial charge on any atom is -0.339 e. The zero-order valence-electron chi connectivity index (χ0n) is 15.2. The number of nitrogens with zero attached hydrogens (tertiary/aromatic N) is 4. The third kappa shape index (κ3) is 4.12. The highest BCUT2D eigenvalue weighted by Crippen LogP contribution is 2.29. The molecule has 1 aromatic rings. The lowest BCUT2D eigenvalue weighted by Crippen LogP contribution is -2.35. The van der Waals surface area contributed by atoms with Crippen molar-refractivity contribution in [3.8, 4) is 0 Å². The average molecular weight is 330 g/mol. The van der Waals surface area contributed by atoms with Crippen LogP contribution in [-0.2, 0) is 11.3 Å². The van der Waals surface area contributed by atoms with E-state index in [4.69, 9.17) is 0 Å². The van der Waals surface area contributed by atoms with Crippen LogP contribution in [-0.4, -0.2) is 51.9 Å². The van der Waals surface area contributed by atoms with Crippen LogP contribution in [0.2, 0.25) is 0 Å². The van der Waals surface area contributed by atoms with Crippen LogP contribution in [0.3, 0.4) is 0 Å². The number of hydrogen-bond acceptors (Lipinski definition) is 4. The van der Waals surface area contributed by atoms with Crippen molar-refractivity contribution in [2.24, 2.45) is 5.92 Å². The molecular formula is C19H30N4O. The lowest BCUT2D eigenvalue weighted by atomic mass is 10.1. The van der Waals surface area contributed by atoms with E-state index in [0.717, 1.165) is 31.0 Å². The first-order chi connectivity index (χ1) is 11.5. The fourth-order valence-corrected chi connectivity index (χ4v) is 4.06. The van der Waals surface area contributed by atoms with Crippen molar-refractivity contribution in [3.63, 3.8) is 0 Å². The second kappa shape index (κ2) is 7.60. The number of hydrogen-bond donors (Lipinski definition) is 0. The van der Waals surface area contributed by atoms with Crippen LogP contribution in [0.1, 0.15) is 63.3 Å². The molecule has 0 spiro atoms. The highest BCUT2D eigenvalue weighted by Gasteiger charge is 2.35. The standard InChI is InChI=1S/C19H30N4O/c1-14(2)19-20-9-16(10-21-19)12-22(3)11-15-8-18(24)23(13-15)17-6-4-5-7-17/h9-10,14-15,17H,4-8,11-13H2,1-3H3/t15-/m1/s1. The Balaban J connectivity index is 1.49. The minimum atomic E-state index is 0.364. The summed E-state index contributed by atoms with van der Waals surface area (Å²) in [6.07, 6.45) is 9.55. The Morgan fingerprint density at radius 3 is 2.54 bits per heavy atom. The summed E-state index contributed by atoms with van der Waals surface area (Å²) in [5.41, 5.74) is 1.14. The van der Waals surface area contributed by atoms with Gasteiger partial charge in [0.15, 0.2) is 0 Å². The molecule has 24 heavy (non-hydrogen) atoms. The summed E-state index contributed by atoms with van der Waals surface area (Å²) < 4.78 is 0. The van der Waals surface area contributed by atoms with Gasteiger partial charge in [-0.25, -0.2) is 9.97 Å². The molecule has 132 valence electrons. The maximum atomic E-state index is 12.3. The Morgan fingerprint density at radius 2 is 1.92 bits per heavy atom. The molecule has 1 atom stereocenters. The largest absolute Gasteiger partial charge is 0.339 e. The molecule has 0 unspecified atom stereocenters. The van der Waals surface area contributed by atoms with Crippen LogP contribution in [0.5, 0.6) is 0 Å². The van der Waals surface area contributed by atoms with Gasteiger partial charge in [0.05, 0.1) is 0 Å². The van der Waals surface area contributed by atoms with Gasteiger partial charge in [0.25, 0.3) is 0 Å². The van der Waals surface area contributed by atoms with Gasteiger partial charge in [0.2, 0.25) is 5.91 Å². The fourth-order valence-electron chi connectivity index (χ4n) is 4.06. The minimum absolute atomic E-state index is 0.364. The summed E-state index contributed by atoms with van der Waals surface area (Å²) >= 11 is 0. The van der Waals surface area contributed by atoms with Crippen LogP contribution < -0.4 is 0 Å². The summed E-state index contributed by atoms with van der Waals surface area (Å²) in [4.78, 5) is 25.6. The van der Waals surface area contributed by atoms with Gasteiger partial charge in [-0.3, -0.25) is 4.79 Å². The molecule has 1 aromatic heterocycles. The summed E-state index contributed by atoms with van der Waals surface area (Å²) in [6.45, 7) is 6.95. The second-order valence-corrected chi connectivity index (χ2v) is 7.86. The fraction of sp³-hybridized carbons (Fsp3) is 0.737. The molecule has 5 nitrogen and oxygen atoms in total. The molecule has 1 saturated carbocycles. The zero-order valence-corrected chi connectivity index (χ0v) is 15.2. The monoisotopic (exact) mass is 330 g/mol. The number of likely N-dealkylation sites (tertiary alicyclic amines) is 1. The van der Waals surface area contributed by atoms with E-state index < -0.39 is 0 Å². The summed E-state index contributed by atoms with van der Waals surface area (Å²) in [6, 6.07) is 0.518. The van der Waals surface area contributed by atoms with Crippen molar-refractivity contribution in [1.82, 2.24) is 19.8 Å². The predicted octanol–water partition coefficient (Wildman–Crippen LogP) is 2.82. The average Bonchev–Trinajstić information content (AvgIpc) is 3.17. The Hall–Kier alpha value is -1.49. The maximum Gasteiger partial charge on any atom is 0.223 e. The van der Waals surface area contributed by atoms with Crippen LogP contribution in [0, 0.1) is 5.92 Å². The molecule has 2 aliphatic rings. The molecular weight excluding hydrogens is 300 g/mol. The lowest BCUT2D eigenvalue weighted by Gasteiger charge is -2.25. The first-order valence-electron chi connectivity index (χ1n) is 9.31. The van der Waals surface area contributed by atoms with Crippen molar-refractivity contribution in [3.05, 3.63) is 23.8 Å². The van der Waals surface area contributed by atoms with Gasteiger partial charge in [-0.2, -0.15) is 0 Å². The van der Waals surface area contributed by atoms with Gasteiger partial charge in [-0.05, 0) is 25.8 Å².